The summed E-state index contributed by atoms with van der Waals surface area (Å²) >= 11 is 1.55. The molecule has 1 saturated heterocycles. The number of amides is 1. The van der Waals surface area contributed by atoms with Gasteiger partial charge in [0.05, 0.1) is 23.8 Å². The van der Waals surface area contributed by atoms with Crippen molar-refractivity contribution in [1.82, 2.24) is 14.9 Å². The van der Waals surface area contributed by atoms with Crippen LogP contribution in [-0.4, -0.2) is 60.7 Å². The smallest absolute Gasteiger partial charge is 0.263 e. The Balaban J connectivity index is 1.56. The molecule has 29 heavy (non-hydrogen) atoms. The van der Waals surface area contributed by atoms with Crippen LogP contribution in [-0.2, 0) is 11.2 Å². The number of hydrogen-bond acceptors (Lipinski definition) is 6. The Hall–Kier alpha value is -2.77. The number of aromatic nitrogens is 2. The highest BCUT2D eigenvalue weighted by molar-refractivity contribution is 7.18. The molecular formula is C22H24N4O2S. The van der Waals surface area contributed by atoms with Crippen LogP contribution in [0.4, 0.5) is 5.00 Å². The number of ether oxygens (including phenoxy) is 1. The Labute approximate surface area is 174 Å². The number of likely N-dealkylation sites (N-methyl/N-ethyl adjacent to an activating group) is 1. The van der Waals surface area contributed by atoms with Crippen LogP contribution >= 0.6 is 11.3 Å². The number of nitrogens with zero attached hydrogens (tertiary/aromatic N) is 4. The van der Waals surface area contributed by atoms with Crippen molar-refractivity contribution in [3.05, 3.63) is 65.4 Å². The van der Waals surface area contributed by atoms with E-state index in [1.807, 2.05) is 43.4 Å². The predicted octanol–water partition coefficient (Wildman–Crippen LogP) is 3.36. The maximum absolute atomic E-state index is 13.1. The lowest BCUT2D eigenvalue weighted by molar-refractivity contribution is 0.0801. The van der Waals surface area contributed by atoms with Gasteiger partial charge in [-0.3, -0.25) is 14.8 Å². The minimum Gasteiger partial charge on any atom is -0.378 e. The summed E-state index contributed by atoms with van der Waals surface area (Å²) in [5.41, 5.74) is 3.08. The van der Waals surface area contributed by atoms with Crippen LogP contribution in [0.25, 0.3) is 11.3 Å². The van der Waals surface area contributed by atoms with Crippen LogP contribution in [0.3, 0.4) is 0 Å². The van der Waals surface area contributed by atoms with E-state index in [0.717, 1.165) is 40.6 Å². The standard InChI is InChI=1S/C22H24N4O2S/c1-25(11-7-17-5-9-23-10-6-17)21(27)20-16-18(19-4-2-3-8-24-19)22(29-20)26-12-14-28-15-13-26/h2-6,8-10,16H,7,11-15H2,1H3. The fraction of sp³-hybridized carbons (Fsp3) is 0.318. The average molecular weight is 409 g/mol. The lowest BCUT2D eigenvalue weighted by Gasteiger charge is -2.28. The summed E-state index contributed by atoms with van der Waals surface area (Å²) in [7, 11) is 1.86. The van der Waals surface area contributed by atoms with Crippen LogP contribution in [0, 0.1) is 0 Å². The summed E-state index contributed by atoms with van der Waals surface area (Å²) in [6.07, 6.45) is 6.16. The first-order chi connectivity index (χ1) is 14.2. The van der Waals surface area contributed by atoms with E-state index in [1.54, 1.807) is 34.8 Å². The Morgan fingerprint density at radius 1 is 1.17 bits per heavy atom. The molecule has 1 amide bonds. The summed E-state index contributed by atoms with van der Waals surface area (Å²) in [6, 6.07) is 11.8. The highest BCUT2D eigenvalue weighted by Gasteiger charge is 2.23. The Bertz CT molecular complexity index is 940. The maximum Gasteiger partial charge on any atom is 0.263 e. The number of carbonyl (C=O) groups is 1. The lowest BCUT2D eigenvalue weighted by Crippen LogP contribution is -2.35. The molecule has 6 nitrogen and oxygen atoms in total. The zero-order valence-corrected chi connectivity index (χ0v) is 17.3. The van der Waals surface area contributed by atoms with Crippen LogP contribution < -0.4 is 4.90 Å². The van der Waals surface area contributed by atoms with Gasteiger partial charge in [0.15, 0.2) is 0 Å². The fourth-order valence-corrected chi connectivity index (χ4v) is 4.54. The Kier molecular flexibility index (Phi) is 6.17. The Morgan fingerprint density at radius 2 is 1.97 bits per heavy atom. The summed E-state index contributed by atoms with van der Waals surface area (Å²) in [5, 5.41) is 1.10. The molecule has 3 aromatic rings. The number of carbonyl (C=O) groups excluding carboxylic acids is 1. The van der Waals surface area contributed by atoms with E-state index in [9.17, 15) is 4.79 Å². The van der Waals surface area contributed by atoms with E-state index in [0.29, 0.717) is 19.8 Å². The molecule has 0 spiro atoms. The molecule has 4 heterocycles. The molecule has 0 aliphatic carbocycles. The molecule has 1 fully saturated rings. The van der Waals surface area contributed by atoms with Gasteiger partial charge in [0.2, 0.25) is 0 Å². The second-order valence-electron chi connectivity index (χ2n) is 6.98. The minimum atomic E-state index is 0.0424. The van der Waals surface area contributed by atoms with E-state index in [4.69, 9.17) is 4.74 Å². The topological polar surface area (TPSA) is 58.6 Å². The molecule has 150 valence electrons. The maximum atomic E-state index is 13.1. The van der Waals surface area contributed by atoms with Gasteiger partial charge in [-0.05, 0) is 42.3 Å². The number of morpholine rings is 1. The van der Waals surface area contributed by atoms with Gasteiger partial charge in [-0.2, -0.15) is 0 Å². The number of hydrogen-bond donors (Lipinski definition) is 0. The first-order valence-electron chi connectivity index (χ1n) is 9.74. The molecule has 0 radical (unpaired) electrons. The predicted molar refractivity (Wildman–Crippen MR) is 115 cm³/mol. The number of thiophene rings is 1. The third kappa shape index (κ3) is 4.63. The molecule has 3 aromatic heterocycles. The largest absolute Gasteiger partial charge is 0.378 e. The van der Waals surface area contributed by atoms with Crippen molar-refractivity contribution in [3.63, 3.8) is 0 Å². The average Bonchev–Trinajstić information content (AvgIpc) is 3.24. The van der Waals surface area contributed by atoms with Crippen molar-refractivity contribution in [2.75, 3.05) is 44.8 Å². The highest BCUT2D eigenvalue weighted by Crippen LogP contribution is 2.39. The van der Waals surface area contributed by atoms with Crippen LogP contribution in [0.1, 0.15) is 15.2 Å². The zero-order valence-electron chi connectivity index (χ0n) is 16.5. The van der Waals surface area contributed by atoms with Crippen molar-refractivity contribution in [1.29, 1.82) is 0 Å². The molecule has 1 aliphatic heterocycles. The van der Waals surface area contributed by atoms with Crippen LogP contribution in [0.2, 0.25) is 0 Å². The quantitative estimate of drug-likeness (QED) is 0.626. The number of rotatable bonds is 6. The SMILES string of the molecule is CN(CCc1ccncc1)C(=O)c1cc(-c2ccccn2)c(N2CCOCC2)s1. The van der Waals surface area contributed by atoms with Crippen LogP contribution in [0.15, 0.2) is 55.0 Å². The molecule has 0 atom stereocenters. The number of pyridine rings is 2. The van der Waals surface area contributed by atoms with Crippen molar-refractivity contribution in [2.24, 2.45) is 0 Å². The van der Waals surface area contributed by atoms with Crippen molar-refractivity contribution in [3.8, 4) is 11.3 Å². The summed E-state index contributed by atoms with van der Waals surface area (Å²) < 4.78 is 5.50. The van der Waals surface area contributed by atoms with Gasteiger partial charge in [0.1, 0.15) is 5.00 Å². The van der Waals surface area contributed by atoms with Gasteiger partial charge in [-0.15, -0.1) is 11.3 Å². The lowest BCUT2D eigenvalue weighted by atomic mass is 10.1. The van der Waals surface area contributed by atoms with Crippen molar-refractivity contribution < 1.29 is 9.53 Å². The van der Waals surface area contributed by atoms with Gasteiger partial charge in [0, 0.05) is 50.8 Å². The number of anilines is 1. The first-order valence-corrected chi connectivity index (χ1v) is 10.6. The Morgan fingerprint density at radius 3 is 2.69 bits per heavy atom. The van der Waals surface area contributed by atoms with Crippen LogP contribution in [0.5, 0.6) is 0 Å². The van der Waals surface area contributed by atoms with E-state index in [2.05, 4.69) is 14.9 Å². The second-order valence-corrected chi connectivity index (χ2v) is 8.01. The van der Waals surface area contributed by atoms with E-state index < -0.39 is 0 Å². The molecule has 0 N–H and O–H groups in total. The van der Waals surface area contributed by atoms with Gasteiger partial charge in [-0.25, -0.2) is 0 Å². The normalized spacial score (nSPS) is 14.0. The van der Waals surface area contributed by atoms with Gasteiger partial charge in [0.25, 0.3) is 5.91 Å². The third-order valence-corrected chi connectivity index (χ3v) is 6.18. The molecule has 0 bridgehead atoms. The molecule has 0 aromatic carbocycles. The highest BCUT2D eigenvalue weighted by atomic mass is 32.1. The molecule has 1 aliphatic rings. The molecule has 4 rings (SSSR count). The third-order valence-electron chi connectivity index (χ3n) is 4.99. The summed E-state index contributed by atoms with van der Waals surface area (Å²) in [4.78, 5) is 26.5. The van der Waals surface area contributed by atoms with E-state index in [-0.39, 0.29) is 5.91 Å². The van der Waals surface area contributed by atoms with E-state index >= 15 is 0 Å². The molecular weight excluding hydrogens is 384 g/mol. The second kappa shape index (κ2) is 9.15. The molecule has 7 heteroatoms. The zero-order chi connectivity index (χ0) is 20.1. The first kappa shape index (κ1) is 19.5. The van der Waals surface area contributed by atoms with Crippen molar-refractivity contribution >= 4 is 22.2 Å². The van der Waals surface area contributed by atoms with E-state index in [1.165, 1.54) is 5.56 Å². The monoisotopic (exact) mass is 408 g/mol. The van der Waals surface area contributed by atoms with Crippen molar-refractivity contribution in [2.45, 2.75) is 6.42 Å². The summed E-state index contributed by atoms with van der Waals surface area (Å²) in [5.74, 6) is 0.0424. The summed E-state index contributed by atoms with van der Waals surface area (Å²) in [6.45, 7) is 3.72. The molecule has 0 saturated carbocycles. The minimum absolute atomic E-state index is 0.0424. The van der Waals surface area contributed by atoms with Gasteiger partial charge >= 0.3 is 0 Å². The van der Waals surface area contributed by atoms with Gasteiger partial charge < -0.3 is 14.5 Å². The van der Waals surface area contributed by atoms with Gasteiger partial charge in [-0.1, -0.05) is 6.07 Å². The fourth-order valence-electron chi connectivity index (χ4n) is 3.33. The molecule has 0 unspecified atom stereocenters.